The molecule has 0 spiro atoms. The predicted molar refractivity (Wildman–Crippen MR) is 112 cm³/mol. The van der Waals surface area contributed by atoms with Crippen LogP contribution in [0.2, 0.25) is 0 Å². The molecular weight excluding hydrogens is 360 g/mol. The lowest BCUT2D eigenvalue weighted by Crippen LogP contribution is -2.34. The first-order valence-electron chi connectivity index (χ1n) is 10.0. The highest BCUT2D eigenvalue weighted by Gasteiger charge is 2.24. The van der Waals surface area contributed by atoms with Gasteiger partial charge in [-0.05, 0) is 56.8 Å². The molecule has 0 aromatic heterocycles. The Bertz CT molecular complexity index is 687. The van der Waals surface area contributed by atoms with Gasteiger partial charge in [-0.3, -0.25) is 0 Å². The second-order valence-corrected chi connectivity index (χ2v) is 8.94. The van der Waals surface area contributed by atoms with Crippen molar-refractivity contribution >= 4 is 29.0 Å². The van der Waals surface area contributed by atoms with Gasteiger partial charge in [0.25, 0.3) is 0 Å². The minimum absolute atomic E-state index is 0.671. The van der Waals surface area contributed by atoms with Crippen LogP contribution in [0.15, 0.2) is 17.1 Å². The molecule has 1 aromatic rings. The molecule has 1 aromatic carbocycles. The summed E-state index contributed by atoms with van der Waals surface area (Å²) in [6.07, 6.45) is 5.61. The molecule has 3 aliphatic rings. The minimum Gasteiger partial charge on any atom is -0.495 e. The molecule has 1 saturated carbocycles. The van der Waals surface area contributed by atoms with Gasteiger partial charge in [-0.15, -0.1) is 0 Å². The number of nitrogens with zero attached hydrogens (tertiary/aromatic N) is 1. The zero-order chi connectivity index (χ0) is 18.6. The lowest BCUT2D eigenvalue weighted by Gasteiger charge is -2.28. The molecule has 2 heterocycles. The Balaban J connectivity index is 1.47. The number of aliphatic hydroxyl groups is 1. The van der Waals surface area contributed by atoms with Crippen molar-refractivity contribution in [2.24, 2.45) is 10.9 Å². The van der Waals surface area contributed by atoms with Crippen molar-refractivity contribution in [1.82, 2.24) is 10.6 Å². The van der Waals surface area contributed by atoms with Gasteiger partial charge >= 0.3 is 0 Å². The van der Waals surface area contributed by atoms with E-state index in [1.807, 2.05) is 23.9 Å². The van der Waals surface area contributed by atoms with Crippen LogP contribution in [-0.2, 0) is 0 Å². The maximum absolute atomic E-state index is 10.6. The van der Waals surface area contributed by atoms with Gasteiger partial charge in [0.2, 0.25) is 0 Å². The van der Waals surface area contributed by atoms with Crippen LogP contribution >= 0.6 is 11.8 Å². The van der Waals surface area contributed by atoms with E-state index in [4.69, 9.17) is 9.73 Å². The van der Waals surface area contributed by atoms with Gasteiger partial charge in [0, 0.05) is 17.4 Å². The number of rotatable bonds is 7. The third-order valence-corrected chi connectivity index (χ3v) is 7.13. The summed E-state index contributed by atoms with van der Waals surface area (Å²) in [6, 6.07) is 3.92. The number of hydrogen-bond donors (Lipinski definition) is 4. The van der Waals surface area contributed by atoms with Gasteiger partial charge in [-0.2, -0.15) is 11.8 Å². The maximum Gasteiger partial charge on any atom is 0.153 e. The molecule has 1 unspecified atom stereocenters. The van der Waals surface area contributed by atoms with Crippen LogP contribution in [0.4, 0.5) is 11.4 Å². The van der Waals surface area contributed by atoms with E-state index in [0.717, 1.165) is 59.8 Å². The highest BCUT2D eigenvalue weighted by atomic mass is 32.2. The number of hydrogen-bond acceptors (Lipinski definition) is 7. The Hall–Kier alpha value is -1.44. The van der Waals surface area contributed by atoms with Crippen LogP contribution < -0.4 is 20.7 Å². The summed E-state index contributed by atoms with van der Waals surface area (Å²) in [5.74, 6) is 3.18. The molecule has 4 rings (SSSR count). The zero-order valence-corrected chi connectivity index (χ0v) is 16.8. The lowest BCUT2D eigenvalue weighted by molar-refractivity contribution is 0.161. The van der Waals surface area contributed by atoms with Crippen molar-refractivity contribution in [3.63, 3.8) is 0 Å². The molecule has 1 saturated heterocycles. The summed E-state index contributed by atoms with van der Waals surface area (Å²) < 4.78 is 5.54. The van der Waals surface area contributed by atoms with Crippen molar-refractivity contribution in [3.05, 3.63) is 17.7 Å². The first-order valence-corrected chi connectivity index (χ1v) is 11.1. The first-order chi connectivity index (χ1) is 13.2. The summed E-state index contributed by atoms with van der Waals surface area (Å²) in [5, 5.41) is 21.3. The number of thioether (sulfide) groups is 1. The van der Waals surface area contributed by atoms with E-state index in [9.17, 15) is 5.11 Å². The number of fused-ring (bicyclic) bond motifs is 1. The lowest BCUT2D eigenvalue weighted by atomic mass is 9.85. The number of amidine groups is 1. The summed E-state index contributed by atoms with van der Waals surface area (Å²) >= 11 is 1.93. The van der Waals surface area contributed by atoms with E-state index in [0.29, 0.717) is 5.25 Å². The first kappa shape index (κ1) is 18.9. The number of aliphatic imine (C=N–C) groups is 1. The molecule has 0 radical (unpaired) electrons. The average molecular weight is 391 g/mol. The third kappa shape index (κ3) is 4.52. The van der Waals surface area contributed by atoms with Crippen LogP contribution in [0.3, 0.4) is 0 Å². The smallest absolute Gasteiger partial charge is 0.153 e. The number of piperidine rings is 1. The fraction of sp³-hybridized carbons (Fsp3) is 0.650. The Morgan fingerprint density at radius 3 is 2.78 bits per heavy atom. The van der Waals surface area contributed by atoms with E-state index in [1.165, 1.54) is 32.1 Å². The monoisotopic (exact) mass is 390 g/mol. The van der Waals surface area contributed by atoms with E-state index < -0.39 is 6.23 Å². The molecule has 148 valence electrons. The fourth-order valence-electron chi connectivity index (χ4n) is 3.80. The van der Waals surface area contributed by atoms with E-state index >= 15 is 0 Å². The molecule has 2 aliphatic heterocycles. The Morgan fingerprint density at radius 2 is 2.07 bits per heavy atom. The summed E-state index contributed by atoms with van der Waals surface area (Å²) in [5.41, 5.74) is 2.57. The van der Waals surface area contributed by atoms with Gasteiger partial charge in [0.1, 0.15) is 11.6 Å². The van der Waals surface area contributed by atoms with Crippen molar-refractivity contribution < 1.29 is 9.84 Å². The van der Waals surface area contributed by atoms with Gasteiger partial charge < -0.3 is 25.8 Å². The number of aliphatic hydroxyl groups excluding tert-OH is 1. The standard InChI is InChI=1S/C20H30N4O2S/c1-26-18-9-15-16(10-17(18)22-11-13-3-2-4-13)23-19(24-20(15)25)12-27-14-5-7-21-8-6-14/h9-10,13-14,20-22,25H,2-8,11-12H2,1H3,(H,23,24). The molecule has 0 bridgehead atoms. The molecule has 7 heteroatoms. The largest absolute Gasteiger partial charge is 0.495 e. The van der Waals surface area contributed by atoms with E-state index in [-0.39, 0.29) is 0 Å². The second-order valence-electron chi connectivity index (χ2n) is 7.65. The summed E-state index contributed by atoms with van der Waals surface area (Å²) in [4.78, 5) is 4.79. The molecule has 6 nitrogen and oxygen atoms in total. The average Bonchev–Trinajstić information content (AvgIpc) is 2.65. The van der Waals surface area contributed by atoms with Crippen molar-refractivity contribution in [1.29, 1.82) is 0 Å². The minimum atomic E-state index is -0.740. The van der Waals surface area contributed by atoms with Gasteiger partial charge in [0.15, 0.2) is 6.23 Å². The van der Waals surface area contributed by atoms with Gasteiger partial charge in [-0.1, -0.05) is 6.42 Å². The predicted octanol–water partition coefficient (Wildman–Crippen LogP) is 3.02. The van der Waals surface area contributed by atoms with E-state index in [1.54, 1.807) is 7.11 Å². The summed E-state index contributed by atoms with van der Waals surface area (Å²) in [7, 11) is 1.67. The fourth-order valence-corrected chi connectivity index (χ4v) is 4.91. The van der Waals surface area contributed by atoms with Crippen LogP contribution in [-0.4, -0.2) is 48.7 Å². The molecule has 27 heavy (non-hydrogen) atoms. The highest BCUT2D eigenvalue weighted by molar-refractivity contribution is 8.00. The molecule has 1 atom stereocenters. The number of benzene rings is 1. The topological polar surface area (TPSA) is 77.9 Å². The molecule has 2 fully saturated rings. The van der Waals surface area contributed by atoms with Gasteiger partial charge in [0.05, 0.1) is 24.2 Å². The van der Waals surface area contributed by atoms with Crippen LogP contribution in [0.1, 0.15) is 43.9 Å². The quantitative estimate of drug-likeness (QED) is 0.573. The Kier molecular flexibility index (Phi) is 6.10. The van der Waals surface area contributed by atoms with Crippen molar-refractivity contribution in [3.8, 4) is 5.75 Å². The van der Waals surface area contributed by atoms with Crippen LogP contribution in [0, 0.1) is 5.92 Å². The highest BCUT2D eigenvalue weighted by Crippen LogP contribution is 2.38. The second kappa shape index (κ2) is 8.71. The number of nitrogens with one attached hydrogen (secondary N) is 3. The normalized spacial score (nSPS) is 23.0. The molecule has 0 amide bonds. The molecule has 4 N–H and O–H groups in total. The van der Waals surface area contributed by atoms with Crippen LogP contribution in [0.5, 0.6) is 5.75 Å². The molecule has 1 aliphatic carbocycles. The number of anilines is 1. The summed E-state index contributed by atoms with van der Waals surface area (Å²) in [6.45, 7) is 3.16. The number of ether oxygens (including phenoxy) is 1. The third-order valence-electron chi connectivity index (χ3n) is 5.75. The van der Waals surface area contributed by atoms with Crippen LogP contribution in [0.25, 0.3) is 0 Å². The van der Waals surface area contributed by atoms with Crippen molar-refractivity contribution in [2.45, 2.75) is 43.6 Å². The Labute approximate surface area is 165 Å². The SMILES string of the molecule is COc1cc2c(cc1NCC1CCC1)N=C(CSC1CCNCC1)NC2O. The number of methoxy groups -OCH3 is 1. The molecular formula is C20H30N4O2S. The van der Waals surface area contributed by atoms with E-state index in [2.05, 4.69) is 16.0 Å². The Morgan fingerprint density at radius 1 is 1.26 bits per heavy atom. The van der Waals surface area contributed by atoms with Gasteiger partial charge in [-0.25, -0.2) is 4.99 Å². The zero-order valence-electron chi connectivity index (χ0n) is 16.0. The maximum atomic E-state index is 10.6. The van der Waals surface area contributed by atoms with Crippen molar-refractivity contribution in [2.75, 3.05) is 37.8 Å².